The van der Waals surface area contributed by atoms with E-state index < -0.39 is 18.1 Å². The van der Waals surface area contributed by atoms with E-state index in [0.717, 1.165) is 40.7 Å². The Labute approximate surface area is 257 Å². The van der Waals surface area contributed by atoms with Crippen LogP contribution in [0.5, 0.6) is 5.88 Å². The van der Waals surface area contributed by atoms with Gasteiger partial charge in [-0.2, -0.15) is 18.3 Å². The molecule has 1 unspecified atom stereocenters. The van der Waals surface area contributed by atoms with E-state index in [0.29, 0.717) is 18.9 Å². The topological polar surface area (TPSA) is 115 Å². The number of hydrogen-bond donors (Lipinski definition) is 2. The molecule has 3 aromatic rings. The van der Waals surface area contributed by atoms with Gasteiger partial charge in [-0.05, 0) is 66.3 Å². The van der Waals surface area contributed by atoms with Crippen molar-refractivity contribution in [2.24, 2.45) is 7.05 Å². The van der Waals surface area contributed by atoms with E-state index in [9.17, 15) is 23.1 Å². The predicted octanol–water partition coefficient (Wildman–Crippen LogP) is 6.81. The molecule has 0 bridgehead atoms. The van der Waals surface area contributed by atoms with Gasteiger partial charge in [-0.1, -0.05) is 54.9 Å². The number of carbonyl (C=O) groups is 2. The summed E-state index contributed by atoms with van der Waals surface area (Å²) in [6.07, 6.45) is 0.884. The maximum atomic E-state index is 11.7. The average molecular weight is 669 g/mol. The zero-order chi connectivity index (χ0) is 31.9. The van der Waals surface area contributed by atoms with Crippen LogP contribution in [0.2, 0.25) is 0 Å². The minimum absolute atomic E-state index is 0.0257. The van der Waals surface area contributed by atoms with Crippen LogP contribution in [-0.2, 0) is 47.7 Å². The second-order valence-corrected chi connectivity index (χ2v) is 12.5. The van der Waals surface area contributed by atoms with Gasteiger partial charge in [0.05, 0.1) is 18.7 Å². The lowest BCUT2D eigenvalue weighted by molar-refractivity contribution is -0.192. The Bertz CT molecular complexity index is 1430. The molecule has 1 aliphatic rings. The molecule has 0 fully saturated rings. The summed E-state index contributed by atoms with van der Waals surface area (Å²) in [7, 11) is 1.86. The Morgan fingerprint density at radius 2 is 1.72 bits per heavy atom. The van der Waals surface area contributed by atoms with Gasteiger partial charge in [0, 0.05) is 41.3 Å². The van der Waals surface area contributed by atoms with Crippen LogP contribution < -0.4 is 4.74 Å². The number of carboxylic acids is 2. The van der Waals surface area contributed by atoms with Crippen LogP contribution in [0.1, 0.15) is 79.7 Å². The van der Waals surface area contributed by atoms with Crippen molar-refractivity contribution in [1.29, 1.82) is 0 Å². The third-order valence-corrected chi connectivity index (χ3v) is 7.87. The van der Waals surface area contributed by atoms with Crippen LogP contribution in [0.4, 0.5) is 13.2 Å². The number of aliphatic carboxylic acids is 2. The number of halogens is 4. The van der Waals surface area contributed by atoms with E-state index in [2.05, 4.69) is 66.1 Å². The Morgan fingerprint density at radius 1 is 1.05 bits per heavy atom. The highest BCUT2D eigenvalue weighted by Gasteiger charge is 2.38. The lowest BCUT2D eigenvalue weighted by Crippen LogP contribution is -2.21. The number of nitrogens with zero attached hydrogens (tertiary/aromatic N) is 3. The van der Waals surface area contributed by atoms with Gasteiger partial charge in [-0.3, -0.25) is 9.78 Å². The Balaban J connectivity index is 0.000000646. The van der Waals surface area contributed by atoms with E-state index in [1.807, 2.05) is 19.2 Å². The molecule has 0 radical (unpaired) electrons. The maximum absolute atomic E-state index is 11.7. The average Bonchev–Trinajstić information content (AvgIpc) is 3.25. The molecular formula is C31H37BrF3N3O5. The highest BCUT2D eigenvalue weighted by Crippen LogP contribution is 2.35. The zero-order valence-electron chi connectivity index (χ0n) is 24.7. The summed E-state index contributed by atoms with van der Waals surface area (Å²) in [5.41, 5.74) is 6.66. The number of benzene rings is 1. The van der Waals surface area contributed by atoms with E-state index in [4.69, 9.17) is 19.6 Å². The zero-order valence-corrected chi connectivity index (χ0v) is 26.3. The minimum atomic E-state index is -5.08. The van der Waals surface area contributed by atoms with E-state index in [1.54, 1.807) is 4.68 Å². The molecule has 12 heteroatoms. The first-order valence-corrected chi connectivity index (χ1v) is 14.8. The monoisotopic (exact) mass is 667 g/mol. The van der Waals surface area contributed by atoms with Crippen molar-refractivity contribution in [3.05, 3.63) is 74.6 Å². The highest BCUT2D eigenvalue weighted by molar-refractivity contribution is 9.10. The van der Waals surface area contributed by atoms with Crippen LogP contribution in [0.25, 0.3) is 0 Å². The summed E-state index contributed by atoms with van der Waals surface area (Å²) in [5, 5.41) is 21.4. The third-order valence-electron chi connectivity index (χ3n) is 7.15. The van der Waals surface area contributed by atoms with Gasteiger partial charge in [-0.15, -0.1) is 0 Å². The number of ether oxygens (including phenoxy) is 1. The van der Waals surface area contributed by atoms with Crippen molar-refractivity contribution in [2.75, 3.05) is 6.61 Å². The largest absolute Gasteiger partial charge is 0.490 e. The summed E-state index contributed by atoms with van der Waals surface area (Å²) in [4.78, 5) is 25.5. The van der Waals surface area contributed by atoms with Crippen LogP contribution in [0.15, 0.2) is 40.9 Å². The number of aryl methyl sites for hydroxylation is 3. The van der Waals surface area contributed by atoms with Crippen LogP contribution in [0, 0.1) is 0 Å². The summed E-state index contributed by atoms with van der Waals surface area (Å²) in [6.45, 7) is 7.00. The van der Waals surface area contributed by atoms with E-state index >= 15 is 0 Å². The number of hydrogen-bond acceptors (Lipinski definition) is 5. The second kappa shape index (κ2) is 14.4. The normalized spacial score (nSPS) is 13.9. The molecule has 8 nitrogen and oxygen atoms in total. The number of alkyl halides is 3. The van der Waals surface area contributed by atoms with Gasteiger partial charge >= 0.3 is 18.1 Å². The first kappa shape index (κ1) is 34.1. The van der Waals surface area contributed by atoms with Crippen molar-refractivity contribution in [2.45, 2.75) is 83.2 Å². The number of carboxylic acid groups (broad SMARTS) is 2. The Morgan fingerprint density at radius 3 is 2.35 bits per heavy atom. The second-order valence-electron chi connectivity index (χ2n) is 11.6. The van der Waals surface area contributed by atoms with Crippen LogP contribution in [-0.4, -0.2) is 49.7 Å². The van der Waals surface area contributed by atoms with Crippen molar-refractivity contribution < 1.29 is 37.7 Å². The first-order chi connectivity index (χ1) is 20.0. The summed E-state index contributed by atoms with van der Waals surface area (Å²) < 4.78 is 40.4. The van der Waals surface area contributed by atoms with Gasteiger partial charge in [0.25, 0.3) is 0 Å². The molecule has 0 spiro atoms. The fourth-order valence-corrected chi connectivity index (χ4v) is 5.42. The predicted molar refractivity (Wildman–Crippen MR) is 159 cm³/mol. The lowest BCUT2D eigenvalue weighted by Gasteiger charge is -2.23. The Kier molecular flexibility index (Phi) is 11.4. The molecule has 2 heterocycles. The molecule has 0 saturated heterocycles. The molecule has 0 amide bonds. The van der Waals surface area contributed by atoms with Crippen molar-refractivity contribution in [3.63, 3.8) is 0 Å². The smallest absolute Gasteiger partial charge is 0.481 e. The third kappa shape index (κ3) is 10.1. The number of fused-ring (bicyclic) bond motifs is 1. The quantitative estimate of drug-likeness (QED) is 0.258. The molecule has 2 aromatic heterocycles. The molecule has 4 rings (SSSR count). The SMILES string of the molecule is Cn1nc(CC(CC(=O)O)c2cc(C(C)(C)C)ccc2Br)cc1OCCc1ccc2c(n1)CCCC2.O=C(O)C(F)(F)F. The van der Waals surface area contributed by atoms with Crippen LogP contribution >= 0.6 is 15.9 Å². The minimum Gasteiger partial charge on any atom is -0.481 e. The van der Waals surface area contributed by atoms with E-state index in [1.165, 1.54) is 29.7 Å². The molecule has 1 atom stereocenters. The van der Waals surface area contributed by atoms with Gasteiger partial charge in [-0.25, -0.2) is 9.48 Å². The number of rotatable bonds is 9. The van der Waals surface area contributed by atoms with Gasteiger partial charge in [0.1, 0.15) is 0 Å². The molecule has 0 saturated carbocycles. The van der Waals surface area contributed by atoms with Gasteiger partial charge in [0.2, 0.25) is 5.88 Å². The molecule has 1 aliphatic carbocycles. The molecule has 43 heavy (non-hydrogen) atoms. The molecule has 0 aliphatic heterocycles. The number of aromatic nitrogens is 3. The highest BCUT2D eigenvalue weighted by atomic mass is 79.9. The van der Waals surface area contributed by atoms with Crippen molar-refractivity contribution in [3.8, 4) is 5.88 Å². The molecular weight excluding hydrogens is 631 g/mol. The molecule has 2 N–H and O–H groups in total. The standard InChI is InChI=1S/C29H36BrN3O3.C2HF3O2/c1-29(2,3)21-10-12-25(30)24(17-21)20(16-28(34)35)15-23-18-27(33(4)32-23)36-14-13-22-11-9-19-7-5-6-8-26(19)31-22;3-2(4,5)1(6)7/h9-12,17-18,20H,5-8,13-16H2,1-4H3,(H,34,35);(H,6,7). The van der Waals surface area contributed by atoms with Gasteiger partial charge < -0.3 is 14.9 Å². The summed E-state index contributed by atoms with van der Waals surface area (Å²) >= 11 is 3.65. The Hall–Kier alpha value is -3.41. The van der Waals surface area contributed by atoms with E-state index in [-0.39, 0.29) is 17.8 Å². The van der Waals surface area contributed by atoms with Crippen LogP contribution in [0.3, 0.4) is 0 Å². The van der Waals surface area contributed by atoms with Crippen molar-refractivity contribution >= 4 is 27.9 Å². The summed E-state index contributed by atoms with van der Waals surface area (Å²) in [5.74, 6) is -3.10. The lowest BCUT2D eigenvalue weighted by atomic mass is 9.83. The molecule has 234 valence electrons. The van der Waals surface area contributed by atoms with Crippen molar-refractivity contribution in [1.82, 2.24) is 14.8 Å². The van der Waals surface area contributed by atoms with Gasteiger partial charge in [0.15, 0.2) is 0 Å². The first-order valence-electron chi connectivity index (χ1n) is 14.0. The summed E-state index contributed by atoms with van der Waals surface area (Å²) in [6, 6.07) is 12.5. The number of pyridine rings is 1. The fourth-order valence-electron chi connectivity index (χ4n) is 4.85. The fraction of sp³-hybridized carbons (Fsp3) is 0.484. The maximum Gasteiger partial charge on any atom is 0.490 e. The molecule has 1 aromatic carbocycles.